The van der Waals surface area contributed by atoms with E-state index < -0.39 is 64.1 Å². The van der Waals surface area contributed by atoms with Crippen molar-refractivity contribution in [2.24, 2.45) is 5.41 Å². The van der Waals surface area contributed by atoms with Crippen LogP contribution in [0.3, 0.4) is 0 Å². The van der Waals surface area contributed by atoms with Gasteiger partial charge in [0.1, 0.15) is 5.82 Å². The molecule has 0 fully saturated rings. The van der Waals surface area contributed by atoms with Crippen molar-refractivity contribution in [3.63, 3.8) is 0 Å². The zero-order chi connectivity index (χ0) is 26.2. The van der Waals surface area contributed by atoms with E-state index in [9.17, 15) is 40.3 Å². The second-order valence-corrected chi connectivity index (χ2v) is 8.87. The van der Waals surface area contributed by atoms with Gasteiger partial charge in [-0.05, 0) is 48.2 Å². The highest BCUT2D eigenvalue weighted by Gasteiger charge is 2.76. The Kier molecular flexibility index (Phi) is 6.71. The van der Waals surface area contributed by atoms with Gasteiger partial charge in [-0.15, -0.1) is 0 Å². The summed E-state index contributed by atoms with van der Waals surface area (Å²) in [5, 5.41) is 3.51. The molecule has 1 aromatic heterocycles. The van der Waals surface area contributed by atoms with Crippen LogP contribution in [-0.4, -0.2) is 34.6 Å². The highest BCUT2D eigenvalue weighted by Crippen LogP contribution is 2.52. The van der Waals surface area contributed by atoms with Crippen molar-refractivity contribution in [2.75, 3.05) is 5.32 Å². The number of ketones is 1. The highest BCUT2D eigenvalue weighted by atomic mass is 19.4. The normalized spacial score (nSPS) is 16.8. The van der Waals surface area contributed by atoms with E-state index in [1.807, 2.05) is 0 Å². The largest absolute Gasteiger partial charge is 0.425 e. The van der Waals surface area contributed by atoms with Crippen LogP contribution in [0.1, 0.15) is 37.0 Å². The van der Waals surface area contributed by atoms with Gasteiger partial charge >= 0.3 is 12.4 Å². The van der Waals surface area contributed by atoms with Gasteiger partial charge in [-0.1, -0.05) is 13.8 Å². The molecule has 1 aromatic carbocycles. The van der Waals surface area contributed by atoms with Crippen molar-refractivity contribution >= 4 is 17.4 Å². The van der Waals surface area contributed by atoms with Gasteiger partial charge in [0.05, 0.1) is 11.1 Å². The number of rotatable bonds is 5. The molecule has 0 radical (unpaired) electrons. The summed E-state index contributed by atoms with van der Waals surface area (Å²) in [6.45, 7) is 3.01. The number of Topliss-reactive ketones (excluding diaryl/α,β-unsaturated/α-hetero) is 1. The summed E-state index contributed by atoms with van der Waals surface area (Å²) < 4.78 is 100.0. The molecule has 0 saturated heterocycles. The van der Waals surface area contributed by atoms with E-state index in [0.717, 1.165) is 47.9 Å². The van der Waals surface area contributed by atoms with Crippen LogP contribution >= 0.6 is 0 Å². The van der Waals surface area contributed by atoms with Gasteiger partial charge in [0.2, 0.25) is 0 Å². The summed E-state index contributed by atoms with van der Waals surface area (Å²) in [6.07, 6.45) is -11.4. The lowest BCUT2D eigenvalue weighted by Gasteiger charge is -2.43. The number of allylic oxidation sites excluding steroid dienone is 1. The lowest BCUT2D eigenvalue weighted by molar-refractivity contribution is -0.290. The SMILES string of the molecule is CC1(C)CC(=O)C(C(NC(=O)c2cccnc2)(C(F)(F)F)C(F)(F)F)=C(Nc2ccc(F)cc2)C1. The number of hydrogen-bond acceptors (Lipinski definition) is 4. The maximum absolute atomic E-state index is 14.4. The van der Waals surface area contributed by atoms with Crippen LogP contribution in [0.4, 0.5) is 36.4 Å². The van der Waals surface area contributed by atoms with Gasteiger partial charge in [-0.2, -0.15) is 26.3 Å². The first-order chi connectivity index (χ1) is 16.1. The maximum Gasteiger partial charge on any atom is 0.425 e. The summed E-state index contributed by atoms with van der Waals surface area (Å²) in [7, 11) is 0. The predicted octanol–water partition coefficient (Wildman–Crippen LogP) is 5.57. The monoisotopic (exact) mass is 503 g/mol. The molecular formula is C23H20F7N3O2. The molecule has 188 valence electrons. The molecule has 0 aliphatic heterocycles. The number of nitrogens with one attached hydrogen (secondary N) is 2. The van der Waals surface area contributed by atoms with Crippen LogP contribution in [0.25, 0.3) is 0 Å². The number of alkyl halides is 6. The van der Waals surface area contributed by atoms with E-state index >= 15 is 0 Å². The number of halogens is 7. The average molecular weight is 503 g/mol. The minimum Gasteiger partial charge on any atom is -0.358 e. The number of nitrogens with zero attached hydrogens (tertiary/aromatic N) is 1. The molecule has 1 aliphatic carbocycles. The molecule has 0 atom stereocenters. The molecule has 0 saturated carbocycles. The van der Waals surface area contributed by atoms with Crippen LogP contribution in [0.15, 0.2) is 60.1 Å². The standard InChI is InChI=1S/C23H20F7N3O2/c1-20(2)10-16(32-15-7-5-14(24)6-8-15)18(17(34)11-20)21(22(25,26)27,23(28,29)30)33-19(35)13-4-3-9-31-12-13/h3-9,12,32H,10-11H2,1-2H3,(H,33,35). The predicted molar refractivity (Wildman–Crippen MR) is 112 cm³/mol. The van der Waals surface area contributed by atoms with Gasteiger partial charge in [0.25, 0.3) is 11.4 Å². The third kappa shape index (κ3) is 5.15. The Bertz CT molecular complexity index is 1120. The van der Waals surface area contributed by atoms with Crippen molar-refractivity contribution in [3.8, 4) is 0 Å². The third-order valence-electron chi connectivity index (χ3n) is 5.46. The van der Waals surface area contributed by atoms with E-state index in [1.165, 1.54) is 20.0 Å². The number of carbonyl (C=O) groups is 2. The third-order valence-corrected chi connectivity index (χ3v) is 5.46. The summed E-state index contributed by atoms with van der Waals surface area (Å²) in [6, 6.07) is 6.24. The van der Waals surface area contributed by atoms with Crippen molar-refractivity contribution in [1.82, 2.24) is 10.3 Å². The number of hydrogen-bond donors (Lipinski definition) is 2. The van der Waals surface area contributed by atoms with E-state index in [1.54, 1.807) is 0 Å². The Morgan fingerprint density at radius 1 is 0.971 bits per heavy atom. The molecule has 1 heterocycles. The average Bonchev–Trinajstić information content (AvgIpc) is 2.72. The Hall–Kier alpha value is -3.44. The molecule has 3 rings (SSSR count). The van der Waals surface area contributed by atoms with Crippen molar-refractivity contribution < 1.29 is 40.3 Å². The van der Waals surface area contributed by atoms with Gasteiger partial charge in [0.15, 0.2) is 5.78 Å². The van der Waals surface area contributed by atoms with Crippen molar-refractivity contribution in [3.05, 3.63) is 71.4 Å². The molecule has 5 nitrogen and oxygen atoms in total. The number of amides is 1. The summed E-state index contributed by atoms with van der Waals surface area (Å²) in [5.41, 5.74) is -8.98. The molecule has 1 amide bonds. The molecule has 35 heavy (non-hydrogen) atoms. The Balaban J connectivity index is 2.29. The molecule has 2 N–H and O–H groups in total. The lowest BCUT2D eigenvalue weighted by atomic mass is 9.70. The smallest absolute Gasteiger partial charge is 0.358 e. The molecular weight excluding hydrogens is 483 g/mol. The van der Waals surface area contributed by atoms with Crippen LogP contribution in [0.5, 0.6) is 0 Å². The minimum atomic E-state index is -6.16. The van der Waals surface area contributed by atoms with Crippen molar-refractivity contribution in [1.29, 1.82) is 0 Å². The maximum atomic E-state index is 14.4. The first kappa shape index (κ1) is 26.2. The fourth-order valence-electron chi connectivity index (χ4n) is 3.96. The Morgan fingerprint density at radius 2 is 1.57 bits per heavy atom. The van der Waals surface area contributed by atoms with Gasteiger partial charge in [-0.3, -0.25) is 14.6 Å². The van der Waals surface area contributed by atoms with E-state index in [-0.39, 0.29) is 12.1 Å². The van der Waals surface area contributed by atoms with Gasteiger partial charge in [-0.25, -0.2) is 4.39 Å². The first-order valence-corrected chi connectivity index (χ1v) is 10.2. The highest BCUT2D eigenvalue weighted by molar-refractivity contribution is 6.03. The summed E-state index contributed by atoms with van der Waals surface area (Å²) in [4.78, 5) is 29.1. The minimum absolute atomic E-state index is 0.0405. The fraction of sp³-hybridized carbons (Fsp3) is 0.348. The zero-order valence-corrected chi connectivity index (χ0v) is 18.4. The summed E-state index contributed by atoms with van der Waals surface area (Å²) in [5.74, 6) is -3.85. The van der Waals surface area contributed by atoms with Crippen molar-refractivity contribution in [2.45, 2.75) is 44.6 Å². The zero-order valence-electron chi connectivity index (χ0n) is 18.4. The number of aromatic nitrogens is 1. The molecule has 0 bridgehead atoms. The van der Waals surface area contributed by atoms with Gasteiger partial charge in [0, 0.05) is 30.2 Å². The van der Waals surface area contributed by atoms with E-state index in [0.29, 0.717) is 0 Å². The molecule has 0 spiro atoms. The number of anilines is 1. The second kappa shape index (κ2) is 8.97. The van der Waals surface area contributed by atoms with E-state index in [2.05, 4.69) is 10.3 Å². The first-order valence-electron chi connectivity index (χ1n) is 10.2. The van der Waals surface area contributed by atoms with Crippen LogP contribution in [0.2, 0.25) is 0 Å². The second-order valence-electron chi connectivity index (χ2n) is 8.87. The number of benzene rings is 1. The molecule has 0 unspecified atom stereocenters. The van der Waals surface area contributed by atoms with Crippen LogP contribution in [0, 0.1) is 11.2 Å². The lowest BCUT2D eigenvalue weighted by Crippen LogP contribution is -2.70. The van der Waals surface area contributed by atoms with E-state index in [4.69, 9.17) is 0 Å². The Labute approximate surface area is 195 Å². The van der Waals surface area contributed by atoms with Crippen LogP contribution in [-0.2, 0) is 4.79 Å². The number of carbonyl (C=O) groups excluding carboxylic acids is 2. The topological polar surface area (TPSA) is 71.1 Å². The molecule has 12 heteroatoms. The summed E-state index contributed by atoms with van der Waals surface area (Å²) >= 11 is 0. The van der Waals surface area contributed by atoms with Gasteiger partial charge < -0.3 is 10.6 Å². The number of pyridine rings is 1. The quantitative estimate of drug-likeness (QED) is 0.524. The fourth-order valence-corrected chi connectivity index (χ4v) is 3.96. The van der Waals surface area contributed by atoms with Crippen LogP contribution < -0.4 is 10.6 Å². The molecule has 2 aromatic rings. The molecule has 1 aliphatic rings. The Morgan fingerprint density at radius 3 is 2.09 bits per heavy atom.